The van der Waals surface area contributed by atoms with Crippen LogP contribution >= 0.6 is 0 Å². The van der Waals surface area contributed by atoms with Crippen molar-refractivity contribution in [3.05, 3.63) is 29.3 Å². The molecule has 0 bridgehead atoms. The number of nitrogens with one attached hydrogen (secondary N) is 1. The predicted molar refractivity (Wildman–Crippen MR) is 77.1 cm³/mol. The monoisotopic (exact) mass is 248 g/mol. The molecule has 0 fully saturated rings. The first kappa shape index (κ1) is 14.7. The summed E-state index contributed by atoms with van der Waals surface area (Å²) in [6, 6.07) is 6.21. The molecule has 1 aromatic rings. The number of carbonyl (C=O) groups is 1. The lowest BCUT2D eigenvalue weighted by Crippen LogP contribution is -2.28. The molecule has 0 unspecified atom stereocenters. The van der Waals surface area contributed by atoms with Crippen LogP contribution in [0.2, 0.25) is 0 Å². The number of hydrogen-bond donors (Lipinski definition) is 1. The van der Waals surface area contributed by atoms with E-state index in [4.69, 9.17) is 0 Å². The minimum Gasteiger partial charge on any atom is -0.320 e. The number of aryl methyl sites for hydroxylation is 2. The Kier molecular flexibility index (Phi) is 5.86. The predicted octanol–water partition coefficient (Wildman–Crippen LogP) is 2.52. The van der Waals surface area contributed by atoms with Crippen molar-refractivity contribution in [3.8, 4) is 0 Å². The van der Waals surface area contributed by atoms with Gasteiger partial charge in [-0.2, -0.15) is 0 Å². The van der Waals surface area contributed by atoms with Crippen molar-refractivity contribution in [2.75, 3.05) is 25.5 Å². The number of benzene rings is 1. The first-order valence-electron chi connectivity index (χ1n) is 6.61. The second kappa shape index (κ2) is 7.17. The Labute approximate surface area is 110 Å². The van der Waals surface area contributed by atoms with E-state index < -0.39 is 0 Å². The Morgan fingerprint density at radius 1 is 1.39 bits per heavy atom. The molecule has 1 aromatic carbocycles. The Bertz CT molecular complexity index is 401. The Hall–Kier alpha value is -1.35. The molecule has 0 aliphatic carbocycles. The van der Waals surface area contributed by atoms with E-state index in [9.17, 15) is 4.79 Å². The van der Waals surface area contributed by atoms with Crippen LogP contribution in [0.25, 0.3) is 0 Å². The summed E-state index contributed by atoms with van der Waals surface area (Å²) >= 11 is 0. The lowest BCUT2D eigenvalue weighted by atomic mass is 10.0. The lowest BCUT2D eigenvalue weighted by molar-refractivity contribution is -0.118. The minimum absolute atomic E-state index is 0.189. The van der Waals surface area contributed by atoms with Gasteiger partial charge in [0.15, 0.2) is 0 Å². The molecule has 100 valence electrons. The van der Waals surface area contributed by atoms with Gasteiger partial charge in [0.1, 0.15) is 0 Å². The molecule has 0 radical (unpaired) electrons. The Morgan fingerprint density at radius 3 is 2.72 bits per heavy atom. The summed E-state index contributed by atoms with van der Waals surface area (Å²) < 4.78 is 0. The maximum absolute atomic E-state index is 12.1. The van der Waals surface area contributed by atoms with Crippen molar-refractivity contribution in [2.24, 2.45) is 0 Å². The van der Waals surface area contributed by atoms with Crippen LogP contribution in [-0.2, 0) is 11.2 Å². The van der Waals surface area contributed by atoms with Gasteiger partial charge in [-0.3, -0.25) is 4.79 Å². The highest BCUT2D eigenvalue weighted by Gasteiger charge is 2.15. The highest BCUT2D eigenvalue weighted by molar-refractivity contribution is 5.94. The van der Waals surface area contributed by atoms with E-state index in [1.165, 1.54) is 11.1 Å². The van der Waals surface area contributed by atoms with Crippen molar-refractivity contribution in [3.63, 3.8) is 0 Å². The molecule has 0 saturated heterocycles. The largest absolute Gasteiger partial charge is 0.320 e. The quantitative estimate of drug-likeness (QED) is 0.785. The molecule has 1 amide bonds. The van der Waals surface area contributed by atoms with Gasteiger partial charge in [-0.05, 0) is 44.5 Å². The number of para-hydroxylation sites is 1. The van der Waals surface area contributed by atoms with Gasteiger partial charge >= 0.3 is 0 Å². The number of carbonyl (C=O) groups excluding carboxylic acids is 1. The van der Waals surface area contributed by atoms with Crippen molar-refractivity contribution in [1.82, 2.24) is 5.32 Å². The zero-order valence-corrected chi connectivity index (χ0v) is 11.9. The van der Waals surface area contributed by atoms with E-state index in [1.807, 2.05) is 19.0 Å². The molecule has 1 rings (SSSR count). The average Bonchev–Trinajstić information content (AvgIpc) is 2.37. The summed E-state index contributed by atoms with van der Waals surface area (Å²) in [6.45, 7) is 5.07. The molecular weight excluding hydrogens is 224 g/mol. The molecule has 0 aliphatic rings. The van der Waals surface area contributed by atoms with Crippen molar-refractivity contribution >= 4 is 11.6 Å². The molecule has 0 atom stereocenters. The third-order valence-corrected chi connectivity index (χ3v) is 3.23. The topological polar surface area (TPSA) is 32.3 Å². The van der Waals surface area contributed by atoms with Gasteiger partial charge < -0.3 is 10.2 Å². The fourth-order valence-electron chi connectivity index (χ4n) is 2.19. The van der Waals surface area contributed by atoms with E-state index in [1.54, 1.807) is 0 Å². The lowest BCUT2D eigenvalue weighted by Gasteiger charge is -2.22. The average molecular weight is 248 g/mol. The zero-order valence-electron chi connectivity index (χ0n) is 11.9. The molecule has 0 saturated carbocycles. The molecule has 18 heavy (non-hydrogen) atoms. The molecule has 3 heteroatoms. The standard InChI is InChI=1S/C15H24N2O/c1-5-13-9-6-8-12(2)15(13)17(4)14(18)10-7-11-16-3/h6,8-9,16H,5,7,10-11H2,1-4H3. The number of rotatable bonds is 6. The highest BCUT2D eigenvalue weighted by atomic mass is 16.2. The van der Waals surface area contributed by atoms with Crippen molar-refractivity contribution in [2.45, 2.75) is 33.1 Å². The molecule has 0 aliphatic heterocycles. The molecule has 0 heterocycles. The second-order valence-corrected chi connectivity index (χ2v) is 4.60. The summed E-state index contributed by atoms with van der Waals surface area (Å²) in [5.74, 6) is 0.189. The Balaban J connectivity index is 2.82. The van der Waals surface area contributed by atoms with Gasteiger partial charge in [0.2, 0.25) is 5.91 Å². The van der Waals surface area contributed by atoms with Gasteiger partial charge in [-0.15, -0.1) is 0 Å². The van der Waals surface area contributed by atoms with Crippen LogP contribution < -0.4 is 10.2 Å². The third kappa shape index (κ3) is 3.57. The van der Waals surface area contributed by atoms with Gasteiger partial charge in [-0.1, -0.05) is 25.1 Å². The van der Waals surface area contributed by atoms with E-state index in [2.05, 4.69) is 37.4 Å². The number of nitrogens with zero attached hydrogens (tertiary/aromatic N) is 1. The number of anilines is 1. The number of amides is 1. The normalized spacial score (nSPS) is 10.4. The van der Waals surface area contributed by atoms with Crippen LogP contribution in [0.4, 0.5) is 5.69 Å². The summed E-state index contributed by atoms with van der Waals surface area (Å²) in [4.78, 5) is 13.9. The third-order valence-electron chi connectivity index (χ3n) is 3.23. The minimum atomic E-state index is 0.189. The summed E-state index contributed by atoms with van der Waals surface area (Å²) in [5.41, 5.74) is 3.48. The first-order chi connectivity index (χ1) is 8.61. The van der Waals surface area contributed by atoms with Crippen LogP contribution in [0, 0.1) is 6.92 Å². The maximum atomic E-state index is 12.1. The van der Waals surface area contributed by atoms with Gasteiger partial charge in [-0.25, -0.2) is 0 Å². The van der Waals surface area contributed by atoms with Crippen LogP contribution in [0.15, 0.2) is 18.2 Å². The van der Waals surface area contributed by atoms with Crippen LogP contribution in [0.5, 0.6) is 0 Å². The first-order valence-corrected chi connectivity index (χ1v) is 6.61. The van der Waals surface area contributed by atoms with Gasteiger partial charge in [0.05, 0.1) is 0 Å². The zero-order chi connectivity index (χ0) is 13.5. The van der Waals surface area contributed by atoms with E-state index in [-0.39, 0.29) is 5.91 Å². The smallest absolute Gasteiger partial charge is 0.226 e. The van der Waals surface area contributed by atoms with E-state index >= 15 is 0 Å². The summed E-state index contributed by atoms with van der Waals surface area (Å²) in [6.07, 6.45) is 2.42. The van der Waals surface area contributed by atoms with Crippen LogP contribution in [0.1, 0.15) is 30.9 Å². The second-order valence-electron chi connectivity index (χ2n) is 4.60. The van der Waals surface area contributed by atoms with Crippen LogP contribution in [0.3, 0.4) is 0 Å². The highest BCUT2D eigenvalue weighted by Crippen LogP contribution is 2.25. The van der Waals surface area contributed by atoms with Crippen molar-refractivity contribution < 1.29 is 4.79 Å². The van der Waals surface area contributed by atoms with Crippen LogP contribution in [-0.4, -0.2) is 26.5 Å². The molecule has 0 spiro atoms. The molecule has 0 aromatic heterocycles. The fraction of sp³-hybridized carbons (Fsp3) is 0.533. The SMILES string of the molecule is CCc1cccc(C)c1N(C)C(=O)CCCNC. The maximum Gasteiger partial charge on any atom is 0.226 e. The number of hydrogen-bond acceptors (Lipinski definition) is 2. The molecular formula is C15H24N2O. The molecule has 1 N–H and O–H groups in total. The summed E-state index contributed by atoms with van der Waals surface area (Å²) in [7, 11) is 3.79. The van der Waals surface area contributed by atoms with E-state index in [0.29, 0.717) is 6.42 Å². The fourth-order valence-corrected chi connectivity index (χ4v) is 2.19. The Morgan fingerprint density at radius 2 is 2.11 bits per heavy atom. The van der Waals surface area contributed by atoms with Gasteiger partial charge in [0, 0.05) is 19.2 Å². The molecule has 3 nitrogen and oxygen atoms in total. The van der Waals surface area contributed by atoms with E-state index in [0.717, 1.165) is 25.1 Å². The van der Waals surface area contributed by atoms with Gasteiger partial charge in [0.25, 0.3) is 0 Å². The van der Waals surface area contributed by atoms with Crippen molar-refractivity contribution in [1.29, 1.82) is 0 Å². The summed E-state index contributed by atoms with van der Waals surface area (Å²) in [5, 5.41) is 3.06.